The van der Waals surface area contributed by atoms with Crippen LogP contribution in [0.1, 0.15) is 7.77 Å². The van der Waals surface area contributed by atoms with Crippen LogP contribution in [0.4, 0.5) is 13.2 Å². The molecule has 2 atom stereocenters. The van der Waals surface area contributed by atoms with Crippen LogP contribution in [0.5, 0.6) is 0 Å². The van der Waals surface area contributed by atoms with Crippen molar-refractivity contribution in [2.24, 2.45) is 0 Å². The number of carbonyl (C=O) groups is 3. The first-order valence-electron chi connectivity index (χ1n) is 4.82. The Kier molecular flexibility index (Phi) is 5.00. The first-order chi connectivity index (χ1) is 8.65. The fraction of sp³-hybridized carbons (Fsp3) is 0.500. The van der Waals surface area contributed by atoms with Gasteiger partial charge in [-0.3, -0.25) is 14.4 Å². The maximum Gasteiger partial charge on any atom is 0.471 e. The number of ketones is 1. The molecule has 1 amide bonds. The lowest BCUT2D eigenvalue weighted by molar-refractivity contribution is -0.174. The van der Waals surface area contributed by atoms with E-state index in [9.17, 15) is 27.6 Å². The number of methoxy groups -OCH3 is 1. The Balaban J connectivity index is 5.19. The third-order valence-corrected chi connectivity index (χ3v) is 1.54. The number of rotatable bonds is 5. The van der Waals surface area contributed by atoms with E-state index in [4.69, 9.17) is 6.90 Å². The van der Waals surface area contributed by atoms with E-state index in [2.05, 4.69) is 9.53 Å². The molecule has 0 aliphatic rings. The molecule has 0 spiro atoms. The molecule has 0 aliphatic heterocycles. The molecule has 1 N–H and O–H groups in total. The number of Topliss-reactive ketones (excluding diaryl/α,β-unsaturated/α-hetero) is 1. The van der Waals surface area contributed by atoms with Crippen molar-refractivity contribution in [1.29, 1.82) is 0 Å². The van der Waals surface area contributed by atoms with Gasteiger partial charge in [-0.05, 0) is 0 Å². The van der Waals surface area contributed by atoms with Gasteiger partial charge in [0.2, 0.25) is 0 Å². The Hall–Kier alpha value is -2.22. The predicted octanol–water partition coefficient (Wildman–Crippen LogP) is -0.534. The van der Waals surface area contributed by atoms with Gasteiger partial charge in [0.25, 0.3) is 5.78 Å². The van der Waals surface area contributed by atoms with Gasteiger partial charge in [-0.25, -0.2) is 0 Å². The molecule has 0 aromatic carbocycles. The summed E-state index contributed by atoms with van der Waals surface area (Å²) in [5, 5.41) is 1.15. The Morgan fingerprint density at radius 2 is 2.11 bits per heavy atom. The number of esters is 1. The van der Waals surface area contributed by atoms with E-state index in [0.717, 1.165) is 12.4 Å². The summed E-state index contributed by atoms with van der Waals surface area (Å²) >= 11 is 0. The van der Waals surface area contributed by atoms with Gasteiger partial charge in [-0.15, -0.1) is 0 Å². The summed E-state index contributed by atoms with van der Waals surface area (Å²) in [7, 11) is 0.844. The summed E-state index contributed by atoms with van der Waals surface area (Å²) in [6.45, 7) is 0. The van der Waals surface area contributed by atoms with Gasteiger partial charge in [0.1, 0.15) is 6.04 Å². The quantitative estimate of drug-likeness (QED) is 0.312. The third kappa shape index (κ3) is 5.21. The lowest BCUT2D eigenvalue weighted by atomic mass is 10.1. The van der Waals surface area contributed by atoms with Crippen molar-refractivity contribution in [2.45, 2.75) is 18.6 Å². The van der Waals surface area contributed by atoms with E-state index < -0.39 is 36.3 Å². The molecule has 0 aromatic rings. The lowest BCUT2D eigenvalue weighted by Gasteiger charge is -2.14. The average Bonchev–Trinajstić information content (AvgIpc) is 2.32. The van der Waals surface area contributed by atoms with E-state index in [1.165, 1.54) is 0 Å². The second-order valence-corrected chi connectivity index (χ2v) is 2.79. The summed E-state index contributed by atoms with van der Waals surface area (Å²) in [6.07, 6.45) is -7.28. The van der Waals surface area contributed by atoms with Crippen molar-refractivity contribution in [2.75, 3.05) is 7.11 Å². The van der Waals surface area contributed by atoms with E-state index in [-0.39, 0.29) is 6.21 Å². The normalized spacial score (nSPS) is 14.6. The first kappa shape index (κ1) is 13.8. The van der Waals surface area contributed by atoms with Crippen LogP contribution in [0.25, 0.3) is 5.53 Å². The second-order valence-electron chi connectivity index (χ2n) is 2.79. The van der Waals surface area contributed by atoms with Crippen LogP contribution in [0.3, 0.4) is 0 Å². The first-order valence-corrected chi connectivity index (χ1v) is 4.24. The minimum Gasteiger partial charge on any atom is -0.469 e. The molecular formula is C8H8F3N3O4. The van der Waals surface area contributed by atoms with Crippen LogP contribution in [-0.4, -0.2) is 48.0 Å². The molecular weight excluding hydrogens is 259 g/mol. The predicted molar refractivity (Wildman–Crippen MR) is 49.3 cm³/mol. The van der Waals surface area contributed by atoms with Gasteiger partial charge in [-0.1, -0.05) is 0 Å². The average molecular weight is 268 g/mol. The maximum absolute atomic E-state index is 12.0. The molecule has 0 rings (SSSR count). The van der Waals surface area contributed by atoms with Crippen molar-refractivity contribution < 1.29 is 38.5 Å². The molecule has 0 heterocycles. The molecule has 0 saturated carbocycles. The largest absolute Gasteiger partial charge is 0.471 e. The number of halogens is 3. The van der Waals surface area contributed by atoms with Crippen LogP contribution >= 0.6 is 0 Å². The Morgan fingerprint density at radius 3 is 2.50 bits per heavy atom. The van der Waals surface area contributed by atoms with Gasteiger partial charge in [0.15, 0.2) is 0 Å². The van der Waals surface area contributed by atoms with Crippen LogP contribution in [0, 0.1) is 0 Å². The number of nitrogens with zero attached hydrogens (tertiary/aromatic N) is 2. The van der Waals surface area contributed by atoms with Gasteiger partial charge >= 0.3 is 24.3 Å². The molecule has 10 heteroatoms. The number of nitrogens with one attached hydrogen (secondary N) is 1. The Morgan fingerprint density at radius 1 is 1.56 bits per heavy atom. The van der Waals surface area contributed by atoms with E-state index in [0.29, 0.717) is 0 Å². The molecule has 0 bridgehead atoms. The molecule has 7 nitrogen and oxygen atoms in total. The van der Waals surface area contributed by atoms with Gasteiger partial charge in [0.05, 0.1) is 13.5 Å². The molecule has 0 fully saturated rings. The maximum atomic E-state index is 12.0. The van der Waals surface area contributed by atoms with E-state index in [1.807, 2.05) is 0 Å². The summed E-state index contributed by atoms with van der Waals surface area (Å²) in [4.78, 5) is 35.2. The van der Waals surface area contributed by atoms with Crippen LogP contribution in [-0.2, 0) is 19.1 Å². The van der Waals surface area contributed by atoms with E-state index in [1.54, 1.807) is 0 Å². The standard InChI is InChI=1S/C8H8F3N3O4/c1-18-6(16)2-4(5(15)3-13-12)14-7(17)8(9,10)11/h3-4H,2H2,1H3,(H,14,17)/t4-/m0/s1/i2D/t2-,4+/m1. The van der Waals surface area contributed by atoms with Crippen molar-refractivity contribution in [3.63, 3.8) is 0 Å². The molecule has 0 saturated heterocycles. The number of alkyl halides is 3. The van der Waals surface area contributed by atoms with Crippen LogP contribution in [0.2, 0.25) is 0 Å². The van der Waals surface area contributed by atoms with Crippen molar-refractivity contribution >= 4 is 23.9 Å². The highest BCUT2D eigenvalue weighted by Gasteiger charge is 2.41. The van der Waals surface area contributed by atoms with Crippen molar-refractivity contribution in [1.82, 2.24) is 5.32 Å². The molecule has 0 aliphatic carbocycles. The Labute approximate surface area is 99.9 Å². The number of hydrogen-bond donors (Lipinski definition) is 1. The zero-order chi connectivity index (χ0) is 15.2. The number of ether oxygens (including phenoxy) is 1. The number of hydrogen-bond acceptors (Lipinski definition) is 4. The Bertz CT molecular complexity index is 433. The third-order valence-electron chi connectivity index (χ3n) is 1.54. The molecule has 0 aromatic heterocycles. The highest BCUT2D eigenvalue weighted by Crippen LogP contribution is 2.15. The molecule has 100 valence electrons. The zero-order valence-electron chi connectivity index (χ0n) is 9.89. The highest BCUT2D eigenvalue weighted by molar-refractivity contribution is 6.28. The van der Waals surface area contributed by atoms with E-state index >= 15 is 0 Å². The highest BCUT2D eigenvalue weighted by atomic mass is 19.4. The lowest BCUT2D eigenvalue weighted by Crippen LogP contribution is -2.48. The van der Waals surface area contributed by atoms with Gasteiger partial charge in [-0.2, -0.15) is 18.0 Å². The van der Waals surface area contributed by atoms with Gasteiger partial charge in [0, 0.05) is 1.37 Å². The van der Waals surface area contributed by atoms with Gasteiger partial charge < -0.3 is 15.6 Å². The topological polar surface area (TPSA) is 109 Å². The summed E-state index contributed by atoms with van der Waals surface area (Å²) in [5.41, 5.74) is 8.09. The molecule has 0 unspecified atom stereocenters. The fourth-order valence-corrected chi connectivity index (χ4v) is 0.759. The minimum atomic E-state index is -5.30. The monoisotopic (exact) mass is 268 g/mol. The van der Waals surface area contributed by atoms with Crippen LogP contribution < -0.4 is 5.32 Å². The van der Waals surface area contributed by atoms with Crippen LogP contribution in [0.15, 0.2) is 0 Å². The van der Waals surface area contributed by atoms with Crippen molar-refractivity contribution in [3.8, 4) is 0 Å². The summed E-state index contributed by atoms with van der Waals surface area (Å²) in [6, 6.07) is -2.18. The summed E-state index contributed by atoms with van der Waals surface area (Å²) in [5.74, 6) is -5.23. The van der Waals surface area contributed by atoms with Crippen molar-refractivity contribution in [3.05, 3.63) is 5.53 Å². The number of amides is 1. The second kappa shape index (κ2) is 6.50. The SMILES string of the molecule is [2H][C@@H](C(=O)OC)[C@H](NC(=O)C(F)(F)F)C(=O)C=[N+]=[N-]. The zero-order valence-corrected chi connectivity index (χ0v) is 8.89. The fourth-order valence-electron chi connectivity index (χ4n) is 0.759. The minimum absolute atomic E-state index is 0.159. The molecule has 18 heavy (non-hydrogen) atoms. The number of carbonyl (C=O) groups excluding carboxylic acids is 3. The summed E-state index contributed by atoms with van der Waals surface area (Å²) < 4.78 is 47.4. The smallest absolute Gasteiger partial charge is 0.469 e. The molecule has 0 radical (unpaired) electrons.